The molecular weight excluding hydrogens is 208 g/mol. The van der Waals surface area contributed by atoms with Crippen molar-refractivity contribution in [2.45, 2.75) is 0 Å². The van der Waals surface area contributed by atoms with Gasteiger partial charge in [-0.1, -0.05) is 0 Å². The molecule has 0 aromatic carbocycles. The number of rotatable bonds is 2. The normalized spacial score (nSPS) is 10.5. The molecule has 8 heteroatoms. The highest BCUT2D eigenvalue weighted by atomic mass is 15.4. The fourth-order valence-electron chi connectivity index (χ4n) is 1.28. The van der Waals surface area contributed by atoms with Gasteiger partial charge in [0.2, 0.25) is 11.6 Å². The Morgan fingerprint density at radius 3 is 1.62 bits per heavy atom. The van der Waals surface area contributed by atoms with Crippen molar-refractivity contribution >= 4 is 0 Å². The molecule has 8 nitrogen and oxygen atoms in total. The van der Waals surface area contributed by atoms with Crippen LogP contribution in [0.2, 0.25) is 0 Å². The van der Waals surface area contributed by atoms with Crippen LogP contribution in [0.3, 0.4) is 0 Å². The van der Waals surface area contributed by atoms with E-state index in [1.165, 1.54) is 22.0 Å². The average molecular weight is 214 g/mol. The van der Waals surface area contributed by atoms with Crippen LogP contribution < -0.4 is 0 Å². The summed E-state index contributed by atoms with van der Waals surface area (Å²) in [5, 5.41) is 8.00. The van der Waals surface area contributed by atoms with Crippen LogP contribution in [0.4, 0.5) is 0 Å². The van der Waals surface area contributed by atoms with E-state index in [-0.39, 0.29) is 0 Å². The van der Waals surface area contributed by atoms with Crippen LogP contribution in [0.1, 0.15) is 0 Å². The van der Waals surface area contributed by atoms with Gasteiger partial charge in [0.1, 0.15) is 25.3 Å². The Labute approximate surface area is 89.6 Å². The molecule has 3 heterocycles. The lowest BCUT2D eigenvalue weighted by Gasteiger charge is -2.04. The van der Waals surface area contributed by atoms with Crippen LogP contribution in [0.25, 0.3) is 11.6 Å². The highest BCUT2D eigenvalue weighted by Crippen LogP contribution is 2.09. The van der Waals surface area contributed by atoms with Crippen molar-refractivity contribution in [3.63, 3.8) is 0 Å². The summed E-state index contributed by atoms with van der Waals surface area (Å²) in [5.41, 5.74) is 0. The molecule has 0 fully saturated rings. The standard InChI is InChI=1S/C8H6N8/c1-2-12-8(16-6-10-4-14-16)7(11-1)15-5-9-3-13-15/h1-6H. The maximum absolute atomic E-state index is 4.19. The van der Waals surface area contributed by atoms with E-state index in [0.29, 0.717) is 11.6 Å². The summed E-state index contributed by atoms with van der Waals surface area (Å²) < 4.78 is 3.04. The molecule has 0 bridgehead atoms. The van der Waals surface area contributed by atoms with Gasteiger partial charge in [-0.15, -0.1) is 0 Å². The van der Waals surface area contributed by atoms with Crippen molar-refractivity contribution in [3.05, 3.63) is 37.7 Å². The summed E-state index contributed by atoms with van der Waals surface area (Å²) in [6, 6.07) is 0. The summed E-state index contributed by atoms with van der Waals surface area (Å²) in [7, 11) is 0. The van der Waals surface area contributed by atoms with Crippen LogP contribution in [-0.4, -0.2) is 39.5 Å². The van der Waals surface area contributed by atoms with Gasteiger partial charge in [-0.3, -0.25) is 0 Å². The fraction of sp³-hybridized carbons (Fsp3) is 0. The lowest BCUT2D eigenvalue weighted by molar-refractivity contribution is 0.773. The zero-order valence-corrected chi connectivity index (χ0v) is 8.04. The summed E-state index contributed by atoms with van der Waals surface area (Å²) in [6.45, 7) is 0. The topological polar surface area (TPSA) is 87.2 Å². The summed E-state index contributed by atoms with van der Waals surface area (Å²) in [6.07, 6.45) is 9.11. The third-order valence-corrected chi connectivity index (χ3v) is 1.93. The summed E-state index contributed by atoms with van der Waals surface area (Å²) >= 11 is 0. The first-order valence-electron chi connectivity index (χ1n) is 4.46. The highest BCUT2D eigenvalue weighted by molar-refractivity contribution is 5.38. The molecule has 0 aliphatic carbocycles. The molecule has 0 amide bonds. The maximum atomic E-state index is 4.19. The minimum absolute atomic E-state index is 0.547. The Balaban J connectivity index is 2.19. The number of nitrogens with zero attached hydrogens (tertiary/aromatic N) is 8. The summed E-state index contributed by atoms with van der Waals surface area (Å²) in [4.78, 5) is 16.1. The lowest BCUT2D eigenvalue weighted by Crippen LogP contribution is -2.08. The Morgan fingerprint density at radius 1 is 0.750 bits per heavy atom. The Morgan fingerprint density at radius 2 is 1.25 bits per heavy atom. The highest BCUT2D eigenvalue weighted by Gasteiger charge is 2.09. The van der Waals surface area contributed by atoms with E-state index in [1.807, 2.05) is 0 Å². The SMILES string of the molecule is c1cnc(-n2cncn2)c(-n2cncn2)n1. The van der Waals surface area contributed by atoms with E-state index in [9.17, 15) is 0 Å². The van der Waals surface area contributed by atoms with E-state index in [4.69, 9.17) is 0 Å². The minimum atomic E-state index is 0.547. The smallest absolute Gasteiger partial charge is 0.200 e. The van der Waals surface area contributed by atoms with Crippen molar-refractivity contribution in [3.8, 4) is 11.6 Å². The predicted octanol–water partition coefficient (Wildman–Crippen LogP) is -0.362. The molecule has 3 rings (SSSR count). The first-order chi connectivity index (χ1) is 7.95. The third kappa shape index (κ3) is 1.32. The summed E-state index contributed by atoms with van der Waals surface area (Å²) in [5.74, 6) is 1.09. The van der Waals surface area contributed by atoms with Gasteiger partial charge in [0, 0.05) is 12.4 Å². The number of hydrogen-bond acceptors (Lipinski definition) is 6. The van der Waals surface area contributed by atoms with Gasteiger partial charge in [0.15, 0.2) is 0 Å². The van der Waals surface area contributed by atoms with Gasteiger partial charge in [0.05, 0.1) is 0 Å². The first kappa shape index (κ1) is 8.65. The van der Waals surface area contributed by atoms with Gasteiger partial charge in [-0.2, -0.15) is 19.6 Å². The predicted molar refractivity (Wildman–Crippen MR) is 51.9 cm³/mol. The zero-order chi connectivity index (χ0) is 10.8. The van der Waals surface area contributed by atoms with Gasteiger partial charge in [-0.25, -0.2) is 19.9 Å². The first-order valence-corrected chi connectivity index (χ1v) is 4.46. The van der Waals surface area contributed by atoms with E-state index < -0.39 is 0 Å². The molecular formula is C8H6N8. The molecule has 3 aromatic rings. The van der Waals surface area contributed by atoms with Crippen LogP contribution in [0, 0.1) is 0 Å². The molecule has 0 unspecified atom stereocenters. The van der Waals surface area contributed by atoms with Gasteiger partial charge >= 0.3 is 0 Å². The van der Waals surface area contributed by atoms with Gasteiger partial charge in [-0.05, 0) is 0 Å². The lowest BCUT2D eigenvalue weighted by atomic mass is 10.6. The molecule has 0 saturated carbocycles. The Hall–Kier alpha value is -2.64. The second-order valence-corrected chi connectivity index (χ2v) is 2.88. The van der Waals surface area contributed by atoms with Crippen molar-refractivity contribution in [2.75, 3.05) is 0 Å². The van der Waals surface area contributed by atoms with Crippen LogP contribution in [0.15, 0.2) is 37.7 Å². The number of aromatic nitrogens is 8. The van der Waals surface area contributed by atoms with Crippen molar-refractivity contribution in [1.29, 1.82) is 0 Å². The maximum Gasteiger partial charge on any atom is 0.200 e. The second kappa shape index (κ2) is 3.50. The molecule has 0 aliphatic rings. The largest absolute Gasteiger partial charge is 0.232 e. The van der Waals surface area contributed by atoms with Crippen molar-refractivity contribution in [1.82, 2.24) is 39.5 Å². The number of hydrogen-bond donors (Lipinski definition) is 0. The monoisotopic (exact) mass is 214 g/mol. The molecule has 0 N–H and O–H groups in total. The van der Waals surface area contributed by atoms with Gasteiger partial charge in [0.25, 0.3) is 0 Å². The van der Waals surface area contributed by atoms with E-state index >= 15 is 0 Å². The van der Waals surface area contributed by atoms with Crippen molar-refractivity contribution in [2.24, 2.45) is 0 Å². The molecule has 0 spiro atoms. The molecule has 0 aliphatic heterocycles. The molecule has 16 heavy (non-hydrogen) atoms. The van der Waals surface area contributed by atoms with Crippen LogP contribution in [-0.2, 0) is 0 Å². The van der Waals surface area contributed by atoms with Crippen molar-refractivity contribution < 1.29 is 0 Å². The quantitative estimate of drug-likeness (QED) is 0.578. The second-order valence-electron chi connectivity index (χ2n) is 2.88. The van der Waals surface area contributed by atoms with Crippen LogP contribution in [0.5, 0.6) is 0 Å². The average Bonchev–Trinajstić information content (AvgIpc) is 3.03. The van der Waals surface area contributed by atoms with E-state index in [1.54, 1.807) is 25.0 Å². The minimum Gasteiger partial charge on any atom is -0.232 e. The van der Waals surface area contributed by atoms with E-state index in [2.05, 4.69) is 30.1 Å². The molecule has 0 atom stereocenters. The molecule has 0 saturated heterocycles. The fourth-order valence-corrected chi connectivity index (χ4v) is 1.28. The Kier molecular flexibility index (Phi) is 1.89. The van der Waals surface area contributed by atoms with Crippen LogP contribution >= 0.6 is 0 Å². The van der Waals surface area contributed by atoms with Gasteiger partial charge < -0.3 is 0 Å². The van der Waals surface area contributed by atoms with E-state index in [0.717, 1.165) is 0 Å². The zero-order valence-electron chi connectivity index (χ0n) is 8.04. The third-order valence-electron chi connectivity index (χ3n) is 1.93. The Bertz CT molecular complexity index is 517. The molecule has 0 radical (unpaired) electrons. The molecule has 78 valence electrons. The molecule has 3 aromatic heterocycles.